The number of aliphatic imine (C=N–C) groups is 2. The molecule has 0 spiro atoms. The Morgan fingerprint density at radius 2 is 1.06 bits per heavy atom. The Kier molecular flexibility index (Phi) is 6.89. The van der Waals surface area contributed by atoms with Crippen LogP contribution in [0.15, 0.2) is 70.3 Å². The molecule has 0 bridgehead atoms. The number of allylic oxidation sites excluding steroid dienone is 1. The van der Waals surface area contributed by atoms with Crippen LogP contribution in [0.3, 0.4) is 0 Å². The molecule has 0 atom stereocenters. The Labute approximate surface area is 186 Å². The number of nitrogens with one attached hydrogen (secondary N) is 1. The maximum Gasteiger partial charge on any atom is 0.123 e. The molecular formula is C28H31N3. The Bertz CT molecular complexity index is 1150. The fourth-order valence-electron chi connectivity index (χ4n) is 3.64. The van der Waals surface area contributed by atoms with Crippen LogP contribution in [0.25, 0.3) is 0 Å². The van der Waals surface area contributed by atoms with Crippen molar-refractivity contribution in [1.29, 1.82) is 0 Å². The van der Waals surface area contributed by atoms with Gasteiger partial charge in [-0.05, 0) is 81.8 Å². The number of rotatable bonds is 5. The second kappa shape index (κ2) is 9.59. The molecule has 0 unspecified atom stereocenters. The van der Waals surface area contributed by atoms with Crippen LogP contribution < -0.4 is 5.32 Å². The van der Waals surface area contributed by atoms with Gasteiger partial charge >= 0.3 is 0 Å². The summed E-state index contributed by atoms with van der Waals surface area (Å²) in [5, 5.41) is 3.56. The molecule has 3 aromatic rings. The molecule has 31 heavy (non-hydrogen) atoms. The standard InChI is InChI=1S/C28H31N3/c1-18-11-8-12-19(2)26(18)29-17-25(31-28-22(5)15-10-16-23(28)6)24(7)30-27-20(3)13-9-14-21(27)4/h8-16,31H,1-7H3. The molecular weight excluding hydrogens is 378 g/mol. The summed E-state index contributed by atoms with van der Waals surface area (Å²) in [6, 6.07) is 18.7. The summed E-state index contributed by atoms with van der Waals surface area (Å²) in [5.74, 6) is 3.28. The van der Waals surface area contributed by atoms with Gasteiger partial charge in [0.1, 0.15) is 5.70 Å². The third-order valence-corrected chi connectivity index (χ3v) is 5.53. The monoisotopic (exact) mass is 409 g/mol. The quantitative estimate of drug-likeness (QED) is 0.432. The molecule has 0 fully saturated rings. The molecule has 0 saturated heterocycles. The lowest BCUT2D eigenvalue weighted by atomic mass is 10.1. The van der Waals surface area contributed by atoms with E-state index in [0.29, 0.717) is 0 Å². The van der Waals surface area contributed by atoms with Crippen LogP contribution in [-0.4, -0.2) is 11.6 Å². The highest BCUT2D eigenvalue weighted by Crippen LogP contribution is 2.26. The Morgan fingerprint density at radius 3 is 1.55 bits per heavy atom. The van der Waals surface area contributed by atoms with Gasteiger partial charge in [0.05, 0.1) is 17.1 Å². The number of benzene rings is 3. The smallest absolute Gasteiger partial charge is 0.123 e. The highest BCUT2D eigenvalue weighted by Gasteiger charge is 2.10. The number of aryl methyl sites for hydroxylation is 6. The second-order valence-electron chi connectivity index (χ2n) is 8.17. The topological polar surface area (TPSA) is 36.8 Å². The average molecular weight is 410 g/mol. The summed E-state index contributed by atoms with van der Waals surface area (Å²) >= 11 is 0. The first-order valence-corrected chi connectivity index (χ1v) is 10.6. The molecule has 3 rings (SSSR count). The maximum absolute atomic E-state index is 4.97. The van der Waals surface area contributed by atoms with Crippen molar-refractivity contribution in [3.63, 3.8) is 0 Å². The van der Waals surface area contributed by atoms with Gasteiger partial charge in [0.25, 0.3) is 0 Å². The minimum Gasteiger partial charge on any atom is -0.346 e. The molecule has 158 valence electrons. The van der Waals surface area contributed by atoms with Crippen molar-refractivity contribution in [3.8, 4) is 0 Å². The molecule has 0 aliphatic carbocycles. The minimum absolute atomic E-state index is 0.766. The van der Waals surface area contributed by atoms with E-state index in [4.69, 9.17) is 9.98 Å². The van der Waals surface area contributed by atoms with Crippen molar-refractivity contribution in [3.05, 3.63) is 93.7 Å². The molecule has 1 N–H and O–H groups in total. The summed E-state index contributed by atoms with van der Waals surface area (Å²) in [4.78, 5) is 9.70. The van der Waals surface area contributed by atoms with E-state index in [-0.39, 0.29) is 0 Å². The van der Waals surface area contributed by atoms with Gasteiger partial charge in [0.2, 0.25) is 0 Å². The highest BCUT2D eigenvalue weighted by molar-refractivity contribution is 6.09. The van der Waals surface area contributed by atoms with Gasteiger partial charge in [0, 0.05) is 11.6 Å². The first kappa shape index (κ1) is 22.3. The first-order valence-electron chi connectivity index (χ1n) is 10.6. The molecule has 0 aliphatic rings. The van der Waals surface area contributed by atoms with Crippen molar-refractivity contribution >= 4 is 28.6 Å². The van der Waals surface area contributed by atoms with E-state index in [1.807, 2.05) is 6.92 Å². The third-order valence-electron chi connectivity index (χ3n) is 5.53. The van der Waals surface area contributed by atoms with Crippen LogP contribution in [0.2, 0.25) is 0 Å². The normalized spacial score (nSPS) is 11.1. The number of hydrogen-bond donors (Lipinski definition) is 1. The van der Waals surface area contributed by atoms with Crippen LogP contribution in [0, 0.1) is 41.5 Å². The minimum atomic E-state index is 0.766. The first-order chi connectivity index (χ1) is 14.8. The van der Waals surface area contributed by atoms with Gasteiger partial charge in [0.15, 0.2) is 0 Å². The summed E-state index contributed by atoms with van der Waals surface area (Å²) in [7, 11) is 0. The summed E-state index contributed by atoms with van der Waals surface area (Å²) < 4.78 is 0. The predicted octanol–water partition coefficient (Wildman–Crippen LogP) is 7.63. The van der Waals surface area contributed by atoms with Gasteiger partial charge in [-0.3, -0.25) is 4.99 Å². The summed E-state index contributed by atoms with van der Waals surface area (Å²) in [6.07, 6.45) is 0. The van der Waals surface area contributed by atoms with Crippen molar-refractivity contribution in [2.75, 3.05) is 5.32 Å². The fourth-order valence-corrected chi connectivity index (χ4v) is 3.64. The zero-order chi connectivity index (χ0) is 22.5. The lowest BCUT2D eigenvalue weighted by Crippen LogP contribution is -2.11. The van der Waals surface area contributed by atoms with Crippen molar-refractivity contribution < 1.29 is 0 Å². The Hall–Kier alpha value is -3.42. The fraction of sp³-hybridized carbons (Fsp3) is 0.250. The van der Waals surface area contributed by atoms with Crippen LogP contribution in [0.5, 0.6) is 0 Å². The van der Waals surface area contributed by atoms with Crippen LogP contribution in [0.4, 0.5) is 17.1 Å². The van der Waals surface area contributed by atoms with E-state index in [1.54, 1.807) is 0 Å². The lowest BCUT2D eigenvalue weighted by Gasteiger charge is -2.14. The van der Waals surface area contributed by atoms with E-state index >= 15 is 0 Å². The van der Waals surface area contributed by atoms with Crippen molar-refractivity contribution in [1.82, 2.24) is 0 Å². The molecule has 3 aromatic carbocycles. The van der Waals surface area contributed by atoms with Gasteiger partial charge in [-0.25, -0.2) is 4.99 Å². The molecule has 0 aliphatic heterocycles. The Morgan fingerprint density at radius 1 is 0.645 bits per heavy atom. The molecule has 0 saturated carbocycles. The molecule has 0 amide bonds. The van der Waals surface area contributed by atoms with E-state index in [1.165, 1.54) is 11.1 Å². The van der Waals surface area contributed by atoms with Crippen molar-refractivity contribution in [2.24, 2.45) is 9.98 Å². The Balaban J connectivity index is 2.17. The van der Waals surface area contributed by atoms with Crippen molar-refractivity contribution in [2.45, 2.75) is 48.5 Å². The van der Waals surface area contributed by atoms with Crippen LogP contribution in [-0.2, 0) is 0 Å². The second-order valence-corrected chi connectivity index (χ2v) is 8.17. The number of hydrogen-bond acceptors (Lipinski definition) is 3. The third kappa shape index (κ3) is 5.20. The number of anilines is 1. The van der Waals surface area contributed by atoms with E-state index in [2.05, 4.69) is 107 Å². The van der Waals surface area contributed by atoms with Gasteiger partial charge < -0.3 is 5.32 Å². The highest BCUT2D eigenvalue weighted by atomic mass is 14.9. The zero-order valence-electron chi connectivity index (χ0n) is 19.6. The van der Waals surface area contributed by atoms with E-state index < -0.39 is 0 Å². The maximum atomic E-state index is 4.97. The molecule has 3 heteroatoms. The van der Waals surface area contributed by atoms with E-state index in [9.17, 15) is 0 Å². The van der Waals surface area contributed by atoms with Crippen LogP contribution >= 0.6 is 0 Å². The lowest BCUT2D eigenvalue weighted by molar-refractivity contribution is 1.31. The molecule has 3 nitrogen and oxygen atoms in total. The SMILES string of the molecule is CC(=Nc1c(C)cccc1C)C(=C=Nc1c(C)cccc1C)Nc1c(C)cccc1C. The molecule has 0 aromatic heterocycles. The van der Waals surface area contributed by atoms with Gasteiger partial charge in [-0.15, -0.1) is 0 Å². The molecule has 0 heterocycles. The van der Waals surface area contributed by atoms with E-state index in [0.717, 1.165) is 50.7 Å². The number of nitrogens with zero attached hydrogens (tertiary/aromatic N) is 2. The zero-order valence-corrected chi connectivity index (χ0v) is 19.6. The average Bonchev–Trinajstić information content (AvgIpc) is 2.71. The summed E-state index contributed by atoms with van der Waals surface area (Å²) in [6.45, 7) is 14.5. The molecule has 0 radical (unpaired) electrons. The predicted molar refractivity (Wildman–Crippen MR) is 135 cm³/mol. The van der Waals surface area contributed by atoms with Crippen LogP contribution in [0.1, 0.15) is 40.3 Å². The summed E-state index contributed by atoms with van der Waals surface area (Å²) in [5.41, 5.74) is 11.5. The largest absolute Gasteiger partial charge is 0.346 e. The van der Waals surface area contributed by atoms with Gasteiger partial charge in [-0.2, -0.15) is 0 Å². The van der Waals surface area contributed by atoms with Gasteiger partial charge in [-0.1, -0.05) is 54.6 Å². The number of para-hydroxylation sites is 3.